The highest BCUT2D eigenvalue weighted by Gasteiger charge is 2.22. The topological polar surface area (TPSA) is 48.3 Å². The lowest BCUT2D eigenvalue weighted by Crippen LogP contribution is -2.18. The van der Waals surface area contributed by atoms with E-state index >= 15 is 0 Å². The molecule has 0 aliphatic rings. The van der Waals surface area contributed by atoms with Crippen LogP contribution in [0.2, 0.25) is 0 Å². The molecule has 0 spiro atoms. The molecule has 3 aromatic carbocycles. The predicted octanol–water partition coefficient (Wildman–Crippen LogP) is 5.41. The second kappa shape index (κ2) is 6.52. The van der Waals surface area contributed by atoms with Crippen LogP contribution in [0.1, 0.15) is 17.4 Å². The number of hydrogen-bond acceptors (Lipinski definition) is 3. The van der Waals surface area contributed by atoms with E-state index in [0.29, 0.717) is 10.9 Å². The van der Waals surface area contributed by atoms with Crippen LogP contribution in [0.25, 0.3) is 32.4 Å². The number of esters is 1. The maximum absolute atomic E-state index is 13.1. The van der Waals surface area contributed by atoms with Gasteiger partial charge in [0.2, 0.25) is 5.43 Å². The van der Waals surface area contributed by atoms with Crippen molar-refractivity contribution in [1.29, 1.82) is 0 Å². The molecule has 0 saturated carbocycles. The largest absolute Gasteiger partial charge is 0.461 e. The molecule has 4 rings (SSSR count). The Bertz CT molecular complexity index is 1260. The monoisotopic (exact) mass is 473 g/mol. The summed E-state index contributed by atoms with van der Waals surface area (Å²) >= 11 is 6.71. The summed E-state index contributed by atoms with van der Waals surface area (Å²) in [5.41, 5.74) is 0.521. The number of halogens is 2. The van der Waals surface area contributed by atoms with Gasteiger partial charge in [-0.3, -0.25) is 8.39 Å². The van der Waals surface area contributed by atoms with E-state index in [0.717, 1.165) is 21.5 Å². The van der Waals surface area contributed by atoms with Gasteiger partial charge >= 0.3 is 5.97 Å². The molecule has 26 heavy (non-hydrogen) atoms. The number of benzene rings is 3. The van der Waals surface area contributed by atoms with E-state index in [4.69, 9.17) is 4.74 Å². The molecule has 0 fully saturated rings. The predicted molar refractivity (Wildman–Crippen MR) is 111 cm³/mol. The Morgan fingerprint density at radius 1 is 1.08 bits per heavy atom. The summed E-state index contributed by atoms with van der Waals surface area (Å²) in [7, 11) is 0. The molecule has 0 aliphatic heterocycles. The van der Waals surface area contributed by atoms with Crippen molar-refractivity contribution in [2.24, 2.45) is 0 Å². The number of aromatic nitrogens is 1. The summed E-state index contributed by atoms with van der Waals surface area (Å²) < 4.78 is 6.79. The molecule has 0 atom stereocenters. The smallest absolute Gasteiger partial charge is 0.357 e. The number of hydrogen-bond donors (Lipinski definition) is 0. The fourth-order valence-electron chi connectivity index (χ4n) is 3.20. The van der Waals surface area contributed by atoms with Crippen molar-refractivity contribution in [1.82, 2.24) is 3.59 Å². The normalized spacial score (nSPS) is 11.3. The maximum Gasteiger partial charge on any atom is 0.357 e. The number of fused-ring (bicyclic) bond motifs is 4. The second-order valence-electron chi connectivity index (χ2n) is 5.87. The van der Waals surface area contributed by atoms with Gasteiger partial charge in [0.1, 0.15) is 0 Å². The molecule has 4 aromatic rings. The zero-order valence-electron chi connectivity index (χ0n) is 13.8. The fraction of sp³-hybridized carbons (Fsp3) is 0.100. The quantitative estimate of drug-likeness (QED) is 0.222. The van der Waals surface area contributed by atoms with Gasteiger partial charge in [-0.15, -0.1) is 0 Å². The zero-order valence-corrected chi connectivity index (χ0v) is 16.9. The Kier molecular flexibility index (Phi) is 4.32. The molecular weight excluding hydrogens is 462 g/mol. The summed E-state index contributed by atoms with van der Waals surface area (Å²) in [6, 6.07) is 15.9. The van der Waals surface area contributed by atoms with Crippen LogP contribution in [-0.4, -0.2) is 16.2 Å². The molecule has 0 amide bonds. The first-order chi connectivity index (χ1) is 12.5. The van der Waals surface area contributed by atoms with Crippen LogP contribution in [0, 0.1) is 0 Å². The Morgan fingerprint density at radius 3 is 2.46 bits per heavy atom. The summed E-state index contributed by atoms with van der Waals surface area (Å²) in [5, 5.41) is 4.52. The van der Waals surface area contributed by atoms with Gasteiger partial charge in [0.25, 0.3) is 0 Å². The summed E-state index contributed by atoms with van der Waals surface area (Å²) in [6.45, 7) is 1.95. The first-order valence-electron chi connectivity index (χ1n) is 8.06. The molecule has 6 heteroatoms. The number of ether oxygens (including phenoxy) is 1. The van der Waals surface area contributed by atoms with Gasteiger partial charge in [0.05, 0.1) is 38.1 Å². The zero-order chi connectivity index (χ0) is 18.4. The Hall–Kier alpha value is -2.18. The van der Waals surface area contributed by atoms with Crippen LogP contribution >= 0.6 is 32.1 Å². The van der Waals surface area contributed by atoms with Crippen LogP contribution in [0.15, 0.2) is 57.8 Å². The van der Waals surface area contributed by atoms with E-state index in [1.165, 1.54) is 3.59 Å². The van der Waals surface area contributed by atoms with E-state index < -0.39 is 5.97 Å². The molecule has 1 aromatic heterocycles. The van der Waals surface area contributed by atoms with E-state index in [-0.39, 0.29) is 22.2 Å². The summed E-state index contributed by atoms with van der Waals surface area (Å²) in [5.74, 6) is -0.561. The van der Waals surface area contributed by atoms with E-state index in [1.54, 1.807) is 6.92 Å². The lowest BCUT2D eigenvalue weighted by Gasteiger charge is -2.13. The minimum absolute atomic E-state index is 0.143. The van der Waals surface area contributed by atoms with E-state index in [9.17, 15) is 9.59 Å². The molecule has 0 saturated heterocycles. The Morgan fingerprint density at radius 2 is 1.77 bits per heavy atom. The van der Waals surface area contributed by atoms with Crippen molar-refractivity contribution in [2.45, 2.75) is 6.92 Å². The van der Waals surface area contributed by atoms with Gasteiger partial charge in [-0.25, -0.2) is 4.79 Å². The van der Waals surface area contributed by atoms with Gasteiger partial charge in [0.15, 0.2) is 5.69 Å². The number of carbonyl (C=O) groups excluding carboxylic acids is 1. The molecular formula is C20H13Br2NO3. The van der Waals surface area contributed by atoms with Crippen LogP contribution in [-0.2, 0) is 4.74 Å². The van der Waals surface area contributed by atoms with Gasteiger partial charge in [0, 0.05) is 0 Å². The maximum atomic E-state index is 13.1. The van der Waals surface area contributed by atoms with Crippen LogP contribution in [0.5, 0.6) is 0 Å². The molecule has 4 nitrogen and oxygen atoms in total. The van der Waals surface area contributed by atoms with Crippen LogP contribution < -0.4 is 5.43 Å². The molecule has 0 radical (unpaired) electrons. The highest BCUT2D eigenvalue weighted by molar-refractivity contribution is 9.10. The van der Waals surface area contributed by atoms with E-state index in [2.05, 4.69) is 38.1 Å². The third kappa shape index (κ3) is 2.56. The minimum atomic E-state index is -0.561. The number of nitrogens with zero attached hydrogens (tertiary/aromatic N) is 1. The Balaban J connectivity index is 2.16. The highest BCUT2D eigenvalue weighted by Crippen LogP contribution is 2.31. The summed E-state index contributed by atoms with van der Waals surface area (Å²) in [6.07, 6.45) is 0. The second-order valence-corrected chi connectivity index (χ2v) is 7.38. The molecule has 130 valence electrons. The van der Waals surface area contributed by atoms with Crippen LogP contribution in [0.4, 0.5) is 0 Å². The van der Waals surface area contributed by atoms with Gasteiger partial charge in [-0.2, -0.15) is 0 Å². The SMILES string of the molecule is CCOC(=O)c1c(Br)c(=O)c2c3cc4ccccc4cc3ccc2n1Br. The molecule has 1 heterocycles. The van der Waals surface area contributed by atoms with Crippen molar-refractivity contribution < 1.29 is 9.53 Å². The summed E-state index contributed by atoms with van der Waals surface area (Å²) in [4.78, 5) is 25.3. The van der Waals surface area contributed by atoms with Crippen molar-refractivity contribution in [3.05, 3.63) is 68.9 Å². The molecule has 0 N–H and O–H groups in total. The lowest BCUT2D eigenvalue weighted by atomic mass is 10.00. The van der Waals surface area contributed by atoms with Crippen molar-refractivity contribution in [2.75, 3.05) is 6.61 Å². The number of pyridine rings is 1. The Labute approximate surface area is 165 Å². The first kappa shape index (κ1) is 17.2. The van der Waals surface area contributed by atoms with Crippen molar-refractivity contribution >= 4 is 70.5 Å². The molecule has 0 bridgehead atoms. The fourth-order valence-corrected chi connectivity index (χ4v) is 4.59. The van der Waals surface area contributed by atoms with Crippen molar-refractivity contribution in [3.8, 4) is 0 Å². The molecule has 0 aliphatic carbocycles. The number of rotatable bonds is 2. The van der Waals surface area contributed by atoms with E-state index in [1.807, 2.05) is 42.5 Å². The third-order valence-corrected chi connectivity index (χ3v) is 5.85. The standard InChI is InChI=1S/C20H13Br2NO3/c1-2-26-20(25)18-17(21)19(24)16-14-10-12-6-4-3-5-11(12)9-13(14)7-8-15(16)23(18)22/h3-10H,2H2,1H3. The molecule has 0 unspecified atom stereocenters. The third-order valence-electron chi connectivity index (χ3n) is 4.38. The number of carbonyl (C=O) groups is 1. The lowest BCUT2D eigenvalue weighted by molar-refractivity contribution is 0.0517. The van der Waals surface area contributed by atoms with Crippen molar-refractivity contribution in [3.63, 3.8) is 0 Å². The average molecular weight is 475 g/mol. The van der Waals surface area contributed by atoms with Gasteiger partial charge < -0.3 is 4.74 Å². The van der Waals surface area contributed by atoms with Gasteiger partial charge in [-0.05, 0) is 62.6 Å². The first-order valence-corrected chi connectivity index (χ1v) is 9.56. The highest BCUT2D eigenvalue weighted by atomic mass is 79.9. The minimum Gasteiger partial charge on any atom is -0.461 e. The average Bonchev–Trinajstić information content (AvgIpc) is 2.64. The van der Waals surface area contributed by atoms with Crippen LogP contribution in [0.3, 0.4) is 0 Å². The van der Waals surface area contributed by atoms with Gasteiger partial charge in [-0.1, -0.05) is 30.3 Å².